The van der Waals surface area contributed by atoms with Gasteiger partial charge in [0, 0.05) is 6.20 Å². The van der Waals surface area contributed by atoms with Crippen LogP contribution < -0.4 is 11.0 Å². The molecule has 0 bridgehead atoms. The van der Waals surface area contributed by atoms with Gasteiger partial charge in [-0.05, 0) is 38.1 Å². The van der Waals surface area contributed by atoms with Crippen LogP contribution in [0.1, 0.15) is 18.4 Å². The number of nitrogens with zero attached hydrogens (tertiary/aromatic N) is 3. The number of nitrogens with one attached hydrogen (secondary N) is 1. The van der Waals surface area contributed by atoms with Crippen LogP contribution in [-0.2, 0) is 16.9 Å². The molecule has 8 heteroatoms. The molecule has 1 amide bonds. The molecule has 0 aliphatic heterocycles. The molecule has 1 atom stereocenters. The van der Waals surface area contributed by atoms with Crippen molar-refractivity contribution in [3.05, 3.63) is 58.5 Å². The Morgan fingerprint density at radius 2 is 2.17 bits per heavy atom. The number of carbonyl (C=O) groups is 1. The predicted octanol–water partition coefficient (Wildman–Crippen LogP) is 0.421. The van der Waals surface area contributed by atoms with Crippen LogP contribution in [0.15, 0.2) is 45.7 Å². The zero-order valence-electron chi connectivity index (χ0n) is 13.4. The molecule has 0 aromatic carbocycles. The molecule has 3 rings (SSSR count). The van der Waals surface area contributed by atoms with E-state index in [1.807, 2.05) is 0 Å². The van der Waals surface area contributed by atoms with Crippen molar-refractivity contribution >= 4 is 11.6 Å². The van der Waals surface area contributed by atoms with Crippen LogP contribution in [-0.4, -0.2) is 31.7 Å². The summed E-state index contributed by atoms with van der Waals surface area (Å²) in [6.07, 6.45) is 1.59. The minimum atomic E-state index is -1.34. The van der Waals surface area contributed by atoms with Gasteiger partial charge in [-0.3, -0.25) is 9.20 Å². The van der Waals surface area contributed by atoms with E-state index in [1.165, 1.54) is 4.40 Å². The van der Waals surface area contributed by atoms with Crippen molar-refractivity contribution in [3.63, 3.8) is 0 Å². The second-order valence-electron chi connectivity index (χ2n) is 5.83. The van der Waals surface area contributed by atoms with Gasteiger partial charge in [0.1, 0.15) is 23.7 Å². The lowest BCUT2D eigenvalue weighted by Crippen LogP contribution is -2.41. The number of aromatic nitrogens is 3. The molecule has 0 aliphatic carbocycles. The van der Waals surface area contributed by atoms with Crippen molar-refractivity contribution in [1.82, 2.24) is 19.5 Å². The van der Waals surface area contributed by atoms with Crippen LogP contribution in [0, 0.1) is 6.92 Å². The monoisotopic (exact) mass is 330 g/mol. The van der Waals surface area contributed by atoms with Gasteiger partial charge in [-0.2, -0.15) is 0 Å². The van der Waals surface area contributed by atoms with E-state index in [2.05, 4.69) is 10.4 Å². The summed E-state index contributed by atoms with van der Waals surface area (Å²) in [6, 6.07) is 8.55. The number of pyridine rings is 1. The van der Waals surface area contributed by atoms with E-state index < -0.39 is 17.2 Å². The zero-order valence-corrected chi connectivity index (χ0v) is 13.4. The van der Waals surface area contributed by atoms with Crippen LogP contribution in [0.5, 0.6) is 0 Å². The highest BCUT2D eigenvalue weighted by Gasteiger charge is 2.27. The van der Waals surface area contributed by atoms with Gasteiger partial charge in [0.25, 0.3) is 0 Å². The highest BCUT2D eigenvalue weighted by atomic mass is 16.4. The largest absolute Gasteiger partial charge is 0.463 e. The molecule has 0 fully saturated rings. The van der Waals surface area contributed by atoms with E-state index in [-0.39, 0.29) is 13.1 Å². The molecule has 3 aromatic rings. The van der Waals surface area contributed by atoms with Crippen LogP contribution in [0.25, 0.3) is 5.65 Å². The third-order valence-electron chi connectivity index (χ3n) is 3.68. The van der Waals surface area contributed by atoms with Crippen LogP contribution in [0.3, 0.4) is 0 Å². The van der Waals surface area contributed by atoms with Crippen molar-refractivity contribution in [2.45, 2.75) is 26.0 Å². The van der Waals surface area contributed by atoms with Crippen molar-refractivity contribution < 1.29 is 14.3 Å². The van der Waals surface area contributed by atoms with Gasteiger partial charge >= 0.3 is 5.69 Å². The standard InChI is InChI=1S/C16H18N4O4/c1-11-6-7-12(24-11)16(2,23)10-17-14(21)9-20-15(22)19-8-4-3-5-13(19)18-20/h3-8,23H,9-10H2,1-2H3,(H,17,21). The Labute approximate surface area is 137 Å². The minimum Gasteiger partial charge on any atom is -0.463 e. The molecule has 0 spiro atoms. The topological polar surface area (TPSA) is 102 Å². The molecule has 24 heavy (non-hydrogen) atoms. The maximum atomic E-state index is 12.1. The Hall–Kier alpha value is -2.87. The van der Waals surface area contributed by atoms with Crippen LogP contribution in [0.2, 0.25) is 0 Å². The molecule has 1 unspecified atom stereocenters. The number of aryl methyl sites for hydroxylation is 1. The average Bonchev–Trinajstić information content (AvgIpc) is 3.11. The van der Waals surface area contributed by atoms with Crippen LogP contribution in [0.4, 0.5) is 0 Å². The maximum absolute atomic E-state index is 12.1. The number of amides is 1. The zero-order chi connectivity index (χ0) is 17.3. The lowest BCUT2D eigenvalue weighted by molar-refractivity contribution is -0.123. The second kappa shape index (κ2) is 5.97. The molecule has 0 saturated heterocycles. The highest BCUT2D eigenvalue weighted by Crippen LogP contribution is 2.21. The summed E-state index contributed by atoms with van der Waals surface area (Å²) in [7, 11) is 0. The molecule has 2 N–H and O–H groups in total. The maximum Gasteiger partial charge on any atom is 0.350 e. The van der Waals surface area contributed by atoms with Gasteiger partial charge < -0.3 is 14.8 Å². The fraction of sp³-hybridized carbons (Fsp3) is 0.312. The van der Waals surface area contributed by atoms with E-state index in [0.29, 0.717) is 17.2 Å². The summed E-state index contributed by atoms with van der Waals surface area (Å²) in [4.78, 5) is 24.2. The van der Waals surface area contributed by atoms with Gasteiger partial charge in [-0.25, -0.2) is 9.48 Å². The third-order valence-corrected chi connectivity index (χ3v) is 3.68. The summed E-state index contributed by atoms with van der Waals surface area (Å²) in [6.45, 7) is 3.05. The van der Waals surface area contributed by atoms with Crippen molar-refractivity contribution in [2.24, 2.45) is 0 Å². The number of hydrogen-bond acceptors (Lipinski definition) is 5. The number of rotatable bonds is 5. The number of hydrogen-bond donors (Lipinski definition) is 2. The Kier molecular flexibility index (Phi) is 3.98. The lowest BCUT2D eigenvalue weighted by Gasteiger charge is -2.21. The van der Waals surface area contributed by atoms with E-state index in [1.54, 1.807) is 50.4 Å². The predicted molar refractivity (Wildman–Crippen MR) is 85.5 cm³/mol. The summed E-state index contributed by atoms with van der Waals surface area (Å²) in [5, 5.41) is 17.1. The van der Waals surface area contributed by atoms with Gasteiger partial charge in [0.2, 0.25) is 5.91 Å². The fourth-order valence-corrected chi connectivity index (χ4v) is 2.34. The normalized spacial score (nSPS) is 13.8. The Bertz CT molecular complexity index is 935. The van der Waals surface area contributed by atoms with Gasteiger partial charge in [-0.1, -0.05) is 6.07 Å². The molecular formula is C16H18N4O4. The molecule has 0 aliphatic rings. The summed E-state index contributed by atoms with van der Waals surface area (Å²) >= 11 is 0. The Morgan fingerprint density at radius 1 is 1.38 bits per heavy atom. The molecule has 0 saturated carbocycles. The van der Waals surface area contributed by atoms with Gasteiger partial charge in [-0.15, -0.1) is 5.10 Å². The Balaban J connectivity index is 1.67. The fourth-order valence-electron chi connectivity index (χ4n) is 2.34. The number of furan rings is 1. The first-order chi connectivity index (χ1) is 11.4. The summed E-state index contributed by atoms with van der Waals surface area (Å²) in [5.41, 5.74) is -1.27. The second-order valence-corrected chi connectivity index (χ2v) is 5.83. The van der Waals surface area contributed by atoms with Crippen LogP contribution >= 0.6 is 0 Å². The summed E-state index contributed by atoms with van der Waals surface area (Å²) < 4.78 is 7.82. The molecule has 126 valence electrons. The number of aliphatic hydroxyl groups is 1. The number of carbonyl (C=O) groups excluding carboxylic acids is 1. The first-order valence-electron chi connectivity index (χ1n) is 7.47. The van der Waals surface area contributed by atoms with E-state index in [0.717, 1.165) is 4.68 Å². The minimum absolute atomic E-state index is 0.0408. The first-order valence-corrected chi connectivity index (χ1v) is 7.47. The molecule has 8 nitrogen and oxygen atoms in total. The third kappa shape index (κ3) is 3.09. The Morgan fingerprint density at radius 3 is 2.83 bits per heavy atom. The average molecular weight is 330 g/mol. The van der Waals surface area contributed by atoms with Crippen molar-refractivity contribution in [1.29, 1.82) is 0 Å². The van der Waals surface area contributed by atoms with Gasteiger partial charge in [0.15, 0.2) is 5.65 Å². The molecule has 3 aromatic heterocycles. The van der Waals surface area contributed by atoms with E-state index in [4.69, 9.17) is 4.42 Å². The quantitative estimate of drug-likeness (QED) is 0.706. The smallest absolute Gasteiger partial charge is 0.350 e. The highest BCUT2D eigenvalue weighted by molar-refractivity contribution is 5.75. The molecular weight excluding hydrogens is 312 g/mol. The van der Waals surface area contributed by atoms with E-state index >= 15 is 0 Å². The summed E-state index contributed by atoms with van der Waals surface area (Å²) in [5.74, 6) is 0.613. The SMILES string of the molecule is Cc1ccc(C(C)(O)CNC(=O)Cn2nc3ccccn3c2=O)o1. The first kappa shape index (κ1) is 16.0. The number of fused-ring (bicyclic) bond motifs is 1. The van der Waals surface area contributed by atoms with E-state index in [9.17, 15) is 14.7 Å². The molecule has 0 radical (unpaired) electrons. The van der Waals surface area contributed by atoms with Crippen molar-refractivity contribution in [3.8, 4) is 0 Å². The lowest BCUT2D eigenvalue weighted by atomic mass is 10.0. The van der Waals surface area contributed by atoms with Crippen molar-refractivity contribution in [2.75, 3.05) is 6.54 Å². The molecule has 3 heterocycles. The van der Waals surface area contributed by atoms with Gasteiger partial charge in [0.05, 0.1) is 6.54 Å².